The van der Waals surface area contributed by atoms with Crippen LogP contribution < -0.4 is 16.2 Å². The summed E-state index contributed by atoms with van der Waals surface area (Å²) in [4.78, 5) is 23.7. The molecular weight excluding hydrogens is 316 g/mol. The summed E-state index contributed by atoms with van der Waals surface area (Å²) in [5, 5.41) is 10.4. The van der Waals surface area contributed by atoms with Crippen molar-refractivity contribution < 1.29 is 4.79 Å². The second-order valence-corrected chi connectivity index (χ2v) is 5.86. The average Bonchev–Trinajstić information content (AvgIpc) is 2.97. The maximum Gasteiger partial charge on any atom is 0.319 e. The quantitative estimate of drug-likeness (QED) is 0.901. The lowest BCUT2D eigenvalue weighted by molar-refractivity contribution is 0.251. The van der Waals surface area contributed by atoms with Gasteiger partial charge in [-0.1, -0.05) is 11.6 Å². The van der Waals surface area contributed by atoms with Gasteiger partial charge in [-0.25, -0.2) is 9.48 Å². The summed E-state index contributed by atoms with van der Waals surface area (Å²) in [6.07, 6.45) is 2.90. The molecule has 1 aliphatic carbocycles. The molecule has 0 atom stereocenters. The lowest BCUT2D eigenvalue weighted by atomic mass is 10.2. The van der Waals surface area contributed by atoms with Gasteiger partial charge in [-0.3, -0.25) is 4.79 Å². The van der Waals surface area contributed by atoms with Gasteiger partial charge in [0.25, 0.3) is 5.56 Å². The first-order valence-electron chi connectivity index (χ1n) is 7.52. The first-order valence-corrected chi connectivity index (χ1v) is 7.90. The molecule has 2 aromatic rings. The van der Waals surface area contributed by atoms with Gasteiger partial charge in [0.2, 0.25) is 0 Å². The van der Waals surface area contributed by atoms with Crippen molar-refractivity contribution in [1.82, 2.24) is 15.1 Å². The van der Waals surface area contributed by atoms with Gasteiger partial charge in [-0.2, -0.15) is 5.10 Å². The number of aromatic nitrogens is 2. The number of urea groups is 1. The third kappa shape index (κ3) is 3.90. The molecular formula is C16H17ClN4O2. The Morgan fingerprint density at radius 1 is 1.26 bits per heavy atom. The number of aryl methyl sites for hydroxylation is 2. The topological polar surface area (TPSA) is 76.0 Å². The van der Waals surface area contributed by atoms with E-state index in [2.05, 4.69) is 15.7 Å². The smallest absolute Gasteiger partial charge is 0.319 e. The molecule has 0 bridgehead atoms. The van der Waals surface area contributed by atoms with E-state index in [1.54, 1.807) is 30.3 Å². The lowest BCUT2D eigenvalue weighted by Gasteiger charge is -2.09. The predicted octanol–water partition coefficient (Wildman–Crippen LogP) is 2.21. The van der Waals surface area contributed by atoms with Crippen molar-refractivity contribution in [2.24, 2.45) is 0 Å². The number of nitrogens with zero attached hydrogens (tertiary/aromatic N) is 2. The number of halogens is 1. The first-order chi connectivity index (χ1) is 11.1. The molecule has 1 aliphatic rings. The van der Waals surface area contributed by atoms with Crippen molar-refractivity contribution in [2.45, 2.75) is 25.8 Å². The highest BCUT2D eigenvalue weighted by Crippen LogP contribution is 2.16. The molecule has 1 aromatic carbocycles. The third-order valence-electron chi connectivity index (χ3n) is 3.74. The van der Waals surface area contributed by atoms with Crippen LogP contribution in [-0.2, 0) is 19.4 Å². The second-order valence-electron chi connectivity index (χ2n) is 5.42. The molecule has 0 aliphatic heterocycles. The van der Waals surface area contributed by atoms with Crippen LogP contribution in [0.2, 0.25) is 5.02 Å². The summed E-state index contributed by atoms with van der Waals surface area (Å²) in [6, 6.07) is 8.16. The fraction of sp³-hybridized carbons (Fsp3) is 0.312. The van der Waals surface area contributed by atoms with E-state index in [9.17, 15) is 9.59 Å². The standard InChI is InChI=1S/C16H17ClN4O2/c17-12-4-6-13(7-5-12)19-16(23)18-8-9-21-15(22)10-11-2-1-3-14(11)20-21/h4-7,10H,1-3,8-9H2,(H2,18,19,23). The molecule has 0 unspecified atom stereocenters. The van der Waals surface area contributed by atoms with Gasteiger partial charge < -0.3 is 10.6 Å². The Bertz CT molecular complexity index is 771. The molecule has 1 aromatic heterocycles. The highest BCUT2D eigenvalue weighted by atomic mass is 35.5. The Morgan fingerprint density at radius 2 is 2.04 bits per heavy atom. The van der Waals surface area contributed by atoms with E-state index in [1.165, 1.54) is 4.68 Å². The number of hydrogen-bond acceptors (Lipinski definition) is 3. The normalized spacial score (nSPS) is 12.7. The van der Waals surface area contributed by atoms with E-state index in [1.807, 2.05) is 0 Å². The number of carbonyl (C=O) groups is 1. The zero-order chi connectivity index (χ0) is 16.2. The number of hydrogen-bond donors (Lipinski definition) is 2. The molecule has 2 amide bonds. The fourth-order valence-corrected chi connectivity index (χ4v) is 2.71. The number of amides is 2. The van der Waals surface area contributed by atoms with Crippen molar-refractivity contribution in [3.63, 3.8) is 0 Å². The summed E-state index contributed by atoms with van der Waals surface area (Å²) in [6.45, 7) is 0.672. The minimum Gasteiger partial charge on any atom is -0.336 e. The van der Waals surface area contributed by atoms with E-state index in [0.29, 0.717) is 23.8 Å². The Hall–Kier alpha value is -2.34. The van der Waals surface area contributed by atoms with Crippen molar-refractivity contribution in [3.8, 4) is 0 Å². The van der Waals surface area contributed by atoms with E-state index < -0.39 is 0 Å². The maximum atomic E-state index is 11.9. The molecule has 2 N–H and O–H groups in total. The summed E-state index contributed by atoms with van der Waals surface area (Å²) in [5.74, 6) is 0. The Morgan fingerprint density at radius 3 is 2.83 bits per heavy atom. The lowest BCUT2D eigenvalue weighted by Crippen LogP contribution is -2.34. The number of rotatable bonds is 4. The van der Waals surface area contributed by atoms with Crippen molar-refractivity contribution in [2.75, 3.05) is 11.9 Å². The first kappa shape index (κ1) is 15.6. The SMILES string of the molecule is O=C(NCCn1nc2c(cc1=O)CCC2)Nc1ccc(Cl)cc1. The molecule has 0 radical (unpaired) electrons. The van der Waals surface area contributed by atoms with E-state index in [4.69, 9.17) is 11.6 Å². The number of carbonyl (C=O) groups excluding carboxylic acids is 1. The van der Waals surface area contributed by atoms with Crippen LogP contribution >= 0.6 is 11.6 Å². The van der Waals surface area contributed by atoms with Crippen LogP contribution in [0, 0.1) is 0 Å². The van der Waals surface area contributed by atoms with Crippen LogP contribution in [0.25, 0.3) is 0 Å². The van der Waals surface area contributed by atoms with Crippen LogP contribution in [0.3, 0.4) is 0 Å². The maximum absolute atomic E-state index is 11.9. The second kappa shape index (κ2) is 6.83. The number of benzene rings is 1. The molecule has 0 spiro atoms. The molecule has 23 heavy (non-hydrogen) atoms. The minimum atomic E-state index is -0.332. The van der Waals surface area contributed by atoms with Gasteiger partial charge in [0.15, 0.2) is 0 Å². The summed E-state index contributed by atoms with van der Waals surface area (Å²) in [7, 11) is 0. The number of nitrogens with one attached hydrogen (secondary N) is 2. The zero-order valence-electron chi connectivity index (χ0n) is 12.5. The summed E-state index contributed by atoms with van der Waals surface area (Å²) < 4.78 is 1.41. The van der Waals surface area contributed by atoms with E-state index in [-0.39, 0.29) is 11.6 Å². The Balaban J connectivity index is 1.52. The zero-order valence-corrected chi connectivity index (χ0v) is 13.3. The fourth-order valence-electron chi connectivity index (χ4n) is 2.58. The van der Waals surface area contributed by atoms with Crippen molar-refractivity contribution in [1.29, 1.82) is 0 Å². The van der Waals surface area contributed by atoms with Crippen LogP contribution in [0.4, 0.5) is 10.5 Å². The molecule has 0 saturated carbocycles. The molecule has 6 nitrogen and oxygen atoms in total. The molecule has 3 rings (SSSR count). The van der Waals surface area contributed by atoms with Gasteiger partial charge in [-0.05, 0) is 49.1 Å². The Kier molecular flexibility index (Phi) is 4.62. The summed E-state index contributed by atoms with van der Waals surface area (Å²) in [5.41, 5.74) is 2.58. The largest absolute Gasteiger partial charge is 0.336 e. The number of fused-ring (bicyclic) bond motifs is 1. The Labute approximate surface area is 138 Å². The van der Waals surface area contributed by atoms with Gasteiger partial charge in [0.1, 0.15) is 0 Å². The van der Waals surface area contributed by atoms with E-state index >= 15 is 0 Å². The van der Waals surface area contributed by atoms with Crippen LogP contribution in [0.5, 0.6) is 0 Å². The van der Waals surface area contributed by atoms with Gasteiger partial charge >= 0.3 is 6.03 Å². The van der Waals surface area contributed by atoms with Crippen LogP contribution in [0.1, 0.15) is 17.7 Å². The average molecular weight is 333 g/mol. The highest BCUT2D eigenvalue weighted by molar-refractivity contribution is 6.30. The highest BCUT2D eigenvalue weighted by Gasteiger charge is 2.14. The van der Waals surface area contributed by atoms with Crippen molar-refractivity contribution in [3.05, 3.63) is 57.0 Å². The molecule has 120 valence electrons. The van der Waals surface area contributed by atoms with Crippen LogP contribution in [0.15, 0.2) is 35.1 Å². The molecule has 0 fully saturated rings. The third-order valence-corrected chi connectivity index (χ3v) is 3.99. The summed E-state index contributed by atoms with van der Waals surface area (Å²) >= 11 is 5.79. The molecule has 1 heterocycles. The van der Waals surface area contributed by atoms with Gasteiger partial charge in [0.05, 0.1) is 12.2 Å². The number of anilines is 1. The monoisotopic (exact) mass is 332 g/mol. The molecule has 7 heteroatoms. The molecule has 0 saturated heterocycles. The minimum absolute atomic E-state index is 0.120. The van der Waals surface area contributed by atoms with Gasteiger partial charge in [-0.15, -0.1) is 0 Å². The van der Waals surface area contributed by atoms with E-state index in [0.717, 1.165) is 30.5 Å². The van der Waals surface area contributed by atoms with Crippen molar-refractivity contribution >= 4 is 23.3 Å². The van der Waals surface area contributed by atoms with Gasteiger partial charge in [0, 0.05) is 23.3 Å². The van der Waals surface area contributed by atoms with Crippen LogP contribution in [-0.4, -0.2) is 22.4 Å². The predicted molar refractivity (Wildman–Crippen MR) is 89.0 cm³/mol.